The van der Waals surface area contributed by atoms with Crippen LogP contribution in [0.5, 0.6) is 0 Å². The number of rotatable bonds is 5. The van der Waals surface area contributed by atoms with Gasteiger partial charge >= 0.3 is 0 Å². The highest BCUT2D eigenvalue weighted by atomic mass is 32.2. The Morgan fingerprint density at radius 2 is 1.96 bits per heavy atom. The van der Waals surface area contributed by atoms with Crippen molar-refractivity contribution in [1.29, 1.82) is 5.26 Å². The minimum absolute atomic E-state index is 0.0156. The average molecular weight is 387 g/mol. The molecule has 2 aromatic rings. The Morgan fingerprint density at radius 3 is 2.59 bits per heavy atom. The molecule has 0 aliphatic carbocycles. The lowest BCUT2D eigenvalue weighted by Gasteiger charge is -2.31. The minimum atomic E-state index is -3.75. The molecule has 0 saturated carbocycles. The second kappa shape index (κ2) is 7.94. The Kier molecular flexibility index (Phi) is 5.63. The fourth-order valence-corrected chi connectivity index (χ4v) is 4.83. The van der Waals surface area contributed by atoms with Crippen molar-refractivity contribution in [2.24, 2.45) is 5.92 Å². The summed E-state index contributed by atoms with van der Waals surface area (Å²) in [6, 6.07) is 11.4. The summed E-state index contributed by atoms with van der Waals surface area (Å²) >= 11 is 0. The van der Waals surface area contributed by atoms with Crippen molar-refractivity contribution in [3.05, 3.63) is 54.0 Å². The fraction of sp³-hybridized carbons (Fsp3) is 0.368. The molecule has 3 rings (SSSR count). The molecule has 2 heterocycles. The number of carbonyl (C=O) groups is 1. The Balaban J connectivity index is 1.63. The van der Waals surface area contributed by atoms with E-state index in [4.69, 9.17) is 9.68 Å². The van der Waals surface area contributed by atoms with E-state index in [1.807, 2.05) is 13.0 Å². The van der Waals surface area contributed by atoms with Crippen LogP contribution in [0.2, 0.25) is 0 Å². The second-order valence-electron chi connectivity index (χ2n) is 6.53. The van der Waals surface area contributed by atoms with Crippen LogP contribution in [0.1, 0.15) is 37.1 Å². The topological polar surface area (TPSA) is 103 Å². The first-order chi connectivity index (χ1) is 12.9. The molecule has 1 aromatic heterocycles. The summed E-state index contributed by atoms with van der Waals surface area (Å²) < 4.78 is 32.3. The van der Waals surface area contributed by atoms with Crippen molar-refractivity contribution < 1.29 is 17.6 Å². The van der Waals surface area contributed by atoms with Crippen LogP contribution in [-0.4, -0.2) is 31.7 Å². The molecular formula is C19H21N3O4S. The molecule has 1 saturated heterocycles. The molecule has 8 heteroatoms. The zero-order valence-electron chi connectivity index (χ0n) is 15.0. The highest BCUT2D eigenvalue weighted by Gasteiger charge is 2.33. The highest BCUT2D eigenvalue weighted by molar-refractivity contribution is 7.89. The van der Waals surface area contributed by atoms with Crippen molar-refractivity contribution in [1.82, 2.24) is 9.62 Å². The van der Waals surface area contributed by atoms with E-state index in [9.17, 15) is 13.2 Å². The molecule has 1 aliphatic rings. The van der Waals surface area contributed by atoms with E-state index in [0.717, 1.165) is 0 Å². The number of hydrogen-bond acceptors (Lipinski definition) is 5. The van der Waals surface area contributed by atoms with E-state index >= 15 is 0 Å². The number of hydrogen-bond donors (Lipinski definition) is 1. The summed E-state index contributed by atoms with van der Waals surface area (Å²) in [5, 5.41) is 12.1. The van der Waals surface area contributed by atoms with Crippen LogP contribution in [-0.2, 0) is 14.8 Å². The number of benzene rings is 1. The number of carbonyl (C=O) groups excluding carboxylic acids is 1. The van der Waals surface area contributed by atoms with Crippen molar-refractivity contribution in [3.8, 4) is 6.07 Å². The van der Waals surface area contributed by atoms with Crippen LogP contribution < -0.4 is 5.32 Å². The first kappa shape index (κ1) is 19.1. The van der Waals surface area contributed by atoms with Crippen molar-refractivity contribution in [2.75, 3.05) is 13.1 Å². The molecule has 27 heavy (non-hydrogen) atoms. The SMILES string of the molecule is C[C@H](NC(=O)C1CCN(S(=O)(=O)c2ccccc2C#N)CC1)c1ccco1. The van der Waals surface area contributed by atoms with E-state index in [0.29, 0.717) is 18.6 Å². The van der Waals surface area contributed by atoms with Crippen molar-refractivity contribution >= 4 is 15.9 Å². The number of nitrogens with zero attached hydrogens (tertiary/aromatic N) is 2. The molecule has 0 unspecified atom stereocenters. The standard InChI is InChI=1S/C19H21N3O4S/c1-14(17-6-4-12-26-17)21-19(23)15-8-10-22(11-9-15)27(24,25)18-7-3-2-5-16(18)13-20/h2-7,12,14-15H,8-11H2,1H3,(H,21,23)/t14-/m0/s1. The molecule has 1 fully saturated rings. The second-order valence-corrected chi connectivity index (χ2v) is 8.44. The van der Waals surface area contributed by atoms with Gasteiger partial charge < -0.3 is 9.73 Å². The molecule has 1 aliphatic heterocycles. The normalized spacial score (nSPS) is 17.2. The molecule has 0 radical (unpaired) electrons. The summed E-state index contributed by atoms with van der Waals surface area (Å²) in [6.07, 6.45) is 2.43. The van der Waals surface area contributed by atoms with E-state index in [1.165, 1.54) is 16.4 Å². The molecule has 0 bridgehead atoms. The van der Waals surface area contributed by atoms with E-state index < -0.39 is 10.0 Å². The molecule has 1 aromatic carbocycles. The quantitative estimate of drug-likeness (QED) is 0.849. The van der Waals surface area contributed by atoms with Crippen LogP contribution >= 0.6 is 0 Å². The smallest absolute Gasteiger partial charge is 0.244 e. The Morgan fingerprint density at radius 1 is 1.26 bits per heavy atom. The molecule has 142 valence electrons. The summed E-state index contributed by atoms with van der Waals surface area (Å²) in [6.45, 7) is 2.33. The third kappa shape index (κ3) is 4.04. The third-order valence-electron chi connectivity index (χ3n) is 4.78. The van der Waals surface area contributed by atoms with Gasteiger partial charge in [0.1, 0.15) is 11.8 Å². The van der Waals surface area contributed by atoms with Gasteiger partial charge in [0.15, 0.2) is 0 Å². The average Bonchev–Trinajstić information content (AvgIpc) is 3.23. The van der Waals surface area contributed by atoms with Gasteiger partial charge in [-0.15, -0.1) is 0 Å². The van der Waals surface area contributed by atoms with E-state index in [2.05, 4.69) is 5.32 Å². The van der Waals surface area contributed by atoms with Crippen molar-refractivity contribution in [3.63, 3.8) is 0 Å². The maximum atomic E-state index is 12.8. The fourth-order valence-electron chi connectivity index (χ4n) is 3.22. The predicted molar refractivity (Wildman–Crippen MR) is 97.9 cm³/mol. The number of nitriles is 1. The highest BCUT2D eigenvalue weighted by Crippen LogP contribution is 2.26. The van der Waals surface area contributed by atoms with Gasteiger partial charge in [-0.2, -0.15) is 9.57 Å². The van der Waals surface area contributed by atoms with Gasteiger partial charge in [0.2, 0.25) is 15.9 Å². The van der Waals surface area contributed by atoms with Gasteiger partial charge in [0, 0.05) is 19.0 Å². The molecule has 0 spiro atoms. The lowest BCUT2D eigenvalue weighted by molar-refractivity contribution is -0.126. The summed E-state index contributed by atoms with van der Waals surface area (Å²) in [4.78, 5) is 12.5. The minimum Gasteiger partial charge on any atom is -0.467 e. The monoisotopic (exact) mass is 387 g/mol. The zero-order chi connectivity index (χ0) is 19.4. The predicted octanol–water partition coefficient (Wildman–Crippen LogP) is 2.43. The van der Waals surface area contributed by atoms with Crippen LogP contribution in [0.25, 0.3) is 0 Å². The van der Waals surface area contributed by atoms with Gasteiger partial charge in [-0.1, -0.05) is 12.1 Å². The maximum absolute atomic E-state index is 12.8. The number of furan rings is 1. The molecule has 7 nitrogen and oxygen atoms in total. The van der Waals surface area contributed by atoms with Crippen LogP contribution in [0.15, 0.2) is 52.0 Å². The molecule has 1 N–H and O–H groups in total. The van der Waals surface area contributed by atoms with Crippen molar-refractivity contribution in [2.45, 2.75) is 30.7 Å². The lowest BCUT2D eigenvalue weighted by Crippen LogP contribution is -2.43. The number of sulfonamides is 1. The van der Waals surface area contributed by atoms with Crippen LogP contribution in [0.4, 0.5) is 0 Å². The third-order valence-corrected chi connectivity index (χ3v) is 6.74. The molecular weight excluding hydrogens is 366 g/mol. The first-order valence-electron chi connectivity index (χ1n) is 8.76. The summed E-state index contributed by atoms with van der Waals surface area (Å²) in [5.74, 6) is 0.324. The number of amides is 1. The van der Waals surface area contributed by atoms with E-state index in [1.54, 1.807) is 30.5 Å². The molecule has 1 amide bonds. The first-order valence-corrected chi connectivity index (χ1v) is 10.2. The maximum Gasteiger partial charge on any atom is 0.244 e. The zero-order valence-corrected chi connectivity index (χ0v) is 15.8. The van der Waals surface area contributed by atoms with Crippen LogP contribution in [0, 0.1) is 17.2 Å². The lowest BCUT2D eigenvalue weighted by atomic mass is 9.97. The molecule has 1 atom stereocenters. The van der Waals surface area contributed by atoms with Crippen LogP contribution in [0.3, 0.4) is 0 Å². The van der Waals surface area contributed by atoms with E-state index in [-0.39, 0.29) is 41.4 Å². The summed E-state index contributed by atoms with van der Waals surface area (Å²) in [5.41, 5.74) is 0.129. The van der Waals surface area contributed by atoms with Gasteiger partial charge in [-0.05, 0) is 44.0 Å². The Bertz CT molecular complexity index is 940. The van der Waals surface area contributed by atoms with Gasteiger partial charge in [-0.25, -0.2) is 8.42 Å². The summed E-state index contributed by atoms with van der Waals surface area (Å²) in [7, 11) is -3.75. The van der Waals surface area contributed by atoms with Gasteiger partial charge in [0.25, 0.3) is 0 Å². The van der Waals surface area contributed by atoms with Gasteiger partial charge in [0.05, 0.1) is 22.8 Å². The Labute approximate surface area is 158 Å². The van der Waals surface area contributed by atoms with Gasteiger partial charge in [-0.3, -0.25) is 4.79 Å². The number of piperidine rings is 1. The number of nitrogens with one attached hydrogen (secondary N) is 1. The Hall–Kier alpha value is -2.63. The largest absolute Gasteiger partial charge is 0.467 e.